The number of piperazine rings is 1. The van der Waals surface area contributed by atoms with E-state index in [2.05, 4.69) is 100 Å². The number of hydrogen-bond acceptors (Lipinski definition) is 4. The van der Waals surface area contributed by atoms with E-state index in [-0.39, 0.29) is 6.10 Å². The molecule has 4 rings (SSSR count). The molecule has 0 aliphatic carbocycles. The van der Waals surface area contributed by atoms with Crippen molar-refractivity contribution in [3.8, 4) is 5.75 Å². The number of rotatable bonds is 10. The zero-order chi connectivity index (χ0) is 22.0. The number of benzene rings is 3. The molecule has 0 saturated carbocycles. The van der Waals surface area contributed by atoms with Crippen LogP contribution in [-0.4, -0.2) is 51.2 Å². The first kappa shape index (κ1) is 22.4. The minimum absolute atomic E-state index is 0.0389. The van der Waals surface area contributed by atoms with Crippen LogP contribution in [0.5, 0.6) is 5.75 Å². The summed E-state index contributed by atoms with van der Waals surface area (Å²) in [5.41, 5.74) is 3.85. The first-order valence-electron chi connectivity index (χ1n) is 11.8. The number of nitrogens with zero attached hydrogens (tertiary/aromatic N) is 2. The number of anilines is 1. The van der Waals surface area contributed by atoms with Crippen molar-refractivity contribution in [3.63, 3.8) is 0 Å². The molecule has 0 aromatic heterocycles. The summed E-state index contributed by atoms with van der Waals surface area (Å²) < 4.78 is 6.62. The standard InChI is InChI=1S/C28H35N3O/c1-29-18-16-27(25-12-6-3-7-13-25)32-28-15-9-8-14-26(28)31-22-20-30(21-23-31)19-17-24-10-4-2-5-11-24/h2-15,27,29H,16-23H2,1H3. The molecule has 0 radical (unpaired) electrons. The number of nitrogens with one attached hydrogen (secondary N) is 1. The van der Waals surface area contributed by atoms with Crippen LogP contribution >= 0.6 is 0 Å². The summed E-state index contributed by atoms with van der Waals surface area (Å²) in [4.78, 5) is 5.06. The molecule has 1 heterocycles. The van der Waals surface area contributed by atoms with Crippen molar-refractivity contribution in [3.05, 3.63) is 96.1 Å². The molecule has 3 aromatic carbocycles. The monoisotopic (exact) mass is 429 g/mol. The zero-order valence-corrected chi connectivity index (χ0v) is 19.1. The van der Waals surface area contributed by atoms with Crippen LogP contribution in [0, 0.1) is 0 Å². The van der Waals surface area contributed by atoms with Crippen LogP contribution in [0.3, 0.4) is 0 Å². The van der Waals surface area contributed by atoms with Gasteiger partial charge in [-0.3, -0.25) is 4.90 Å². The lowest BCUT2D eigenvalue weighted by atomic mass is 10.1. The molecule has 4 heteroatoms. The predicted octanol–water partition coefficient (Wildman–Crippen LogP) is 4.78. The lowest BCUT2D eigenvalue weighted by Crippen LogP contribution is -2.47. The summed E-state index contributed by atoms with van der Waals surface area (Å²) in [5, 5.41) is 3.26. The molecular formula is C28H35N3O. The smallest absolute Gasteiger partial charge is 0.143 e. The molecule has 1 fully saturated rings. The van der Waals surface area contributed by atoms with Crippen LogP contribution in [0.1, 0.15) is 23.7 Å². The van der Waals surface area contributed by atoms with Gasteiger partial charge >= 0.3 is 0 Å². The Hall–Kier alpha value is -2.82. The maximum absolute atomic E-state index is 6.62. The summed E-state index contributed by atoms with van der Waals surface area (Å²) in [6.07, 6.45) is 2.09. The van der Waals surface area contributed by atoms with Gasteiger partial charge in [0.15, 0.2) is 0 Å². The highest BCUT2D eigenvalue weighted by atomic mass is 16.5. The predicted molar refractivity (Wildman–Crippen MR) is 134 cm³/mol. The number of ether oxygens (including phenoxy) is 1. The lowest BCUT2D eigenvalue weighted by molar-refractivity contribution is 0.194. The van der Waals surface area contributed by atoms with Gasteiger partial charge in [-0.25, -0.2) is 0 Å². The van der Waals surface area contributed by atoms with E-state index in [0.717, 1.165) is 57.9 Å². The zero-order valence-electron chi connectivity index (χ0n) is 19.1. The van der Waals surface area contributed by atoms with E-state index < -0.39 is 0 Å². The molecule has 1 unspecified atom stereocenters. The first-order valence-corrected chi connectivity index (χ1v) is 11.8. The quantitative estimate of drug-likeness (QED) is 0.502. The van der Waals surface area contributed by atoms with Gasteiger partial charge in [-0.2, -0.15) is 0 Å². The van der Waals surface area contributed by atoms with Crippen molar-refractivity contribution in [1.29, 1.82) is 0 Å². The van der Waals surface area contributed by atoms with Gasteiger partial charge in [-0.05, 0) is 43.3 Å². The minimum atomic E-state index is 0.0389. The van der Waals surface area contributed by atoms with E-state index in [9.17, 15) is 0 Å². The molecule has 3 aromatic rings. The van der Waals surface area contributed by atoms with Gasteiger partial charge in [-0.15, -0.1) is 0 Å². The third kappa shape index (κ3) is 6.12. The molecule has 4 nitrogen and oxygen atoms in total. The molecular weight excluding hydrogens is 394 g/mol. The van der Waals surface area contributed by atoms with Gasteiger partial charge in [0.05, 0.1) is 5.69 Å². The van der Waals surface area contributed by atoms with E-state index in [4.69, 9.17) is 4.74 Å². The van der Waals surface area contributed by atoms with Crippen LogP contribution in [0.15, 0.2) is 84.9 Å². The summed E-state index contributed by atoms with van der Waals surface area (Å²) in [6, 6.07) is 29.9. The fourth-order valence-electron chi connectivity index (χ4n) is 4.35. The van der Waals surface area contributed by atoms with E-state index in [1.807, 2.05) is 7.05 Å². The van der Waals surface area contributed by atoms with Gasteiger partial charge in [0.2, 0.25) is 0 Å². The summed E-state index contributed by atoms with van der Waals surface area (Å²) in [7, 11) is 1.99. The fraction of sp³-hybridized carbons (Fsp3) is 0.357. The Kier molecular flexibility index (Phi) is 8.18. The van der Waals surface area contributed by atoms with Crippen LogP contribution in [0.25, 0.3) is 0 Å². The fourth-order valence-corrected chi connectivity index (χ4v) is 4.35. The second kappa shape index (κ2) is 11.7. The summed E-state index contributed by atoms with van der Waals surface area (Å²) >= 11 is 0. The first-order chi connectivity index (χ1) is 15.8. The van der Waals surface area contributed by atoms with Gasteiger partial charge in [0.25, 0.3) is 0 Å². The van der Waals surface area contributed by atoms with E-state index in [0.29, 0.717) is 0 Å². The van der Waals surface area contributed by atoms with Gasteiger partial charge < -0.3 is 15.0 Å². The SMILES string of the molecule is CNCCC(Oc1ccccc1N1CCN(CCc2ccccc2)CC1)c1ccccc1. The van der Waals surface area contributed by atoms with E-state index in [1.54, 1.807) is 0 Å². The summed E-state index contributed by atoms with van der Waals surface area (Å²) in [6.45, 7) is 6.27. The van der Waals surface area contributed by atoms with Crippen LogP contribution in [-0.2, 0) is 6.42 Å². The highest BCUT2D eigenvalue weighted by Gasteiger charge is 2.21. The van der Waals surface area contributed by atoms with Crippen molar-refractivity contribution < 1.29 is 4.74 Å². The van der Waals surface area contributed by atoms with Crippen molar-refractivity contribution in [2.75, 3.05) is 51.2 Å². The Morgan fingerprint density at radius 1 is 0.812 bits per heavy atom. The average molecular weight is 430 g/mol. The third-order valence-electron chi connectivity index (χ3n) is 6.23. The van der Waals surface area contributed by atoms with Crippen molar-refractivity contribution in [2.45, 2.75) is 18.9 Å². The summed E-state index contributed by atoms with van der Waals surface area (Å²) in [5.74, 6) is 0.982. The highest BCUT2D eigenvalue weighted by Crippen LogP contribution is 2.33. The molecule has 1 N–H and O–H groups in total. The van der Waals surface area contributed by atoms with Crippen molar-refractivity contribution in [1.82, 2.24) is 10.2 Å². The van der Waals surface area contributed by atoms with Crippen LogP contribution in [0.4, 0.5) is 5.69 Å². The topological polar surface area (TPSA) is 27.7 Å². The van der Waals surface area contributed by atoms with E-state index in [1.165, 1.54) is 16.8 Å². The maximum Gasteiger partial charge on any atom is 0.143 e. The molecule has 1 atom stereocenters. The van der Waals surface area contributed by atoms with Gasteiger partial charge in [0, 0.05) is 39.1 Å². The third-order valence-corrected chi connectivity index (χ3v) is 6.23. The molecule has 1 saturated heterocycles. The Balaban J connectivity index is 1.39. The molecule has 0 amide bonds. The molecule has 1 aliphatic rings. The second-order valence-corrected chi connectivity index (χ2v) is 8.44. The van der Waals surface area contributed by atoms with Crippen LogP contribution < -0.4 is 15.0 Å². The van der Waals surface area contributed by atoms with E-state index >= 15 is 0 Å². The minimum Gasteiger partial charge on any atom is -0.484 e. The Labute approximate surface area is 192 Å². The molecule has 32 heavy (non-hydrogen) atoms. The number of para-hydroxylation sites is 2. The van der Waals surface area contributed by atoms with Crippen LogP contribution in [0.2, 0.25) is 0 Å². The Bertz CT molecular complexity index is 924. The molecule has 0 spiro atoms. The Morgan fingerprint density at radius 3 is 2.19 bits per heavy atom. The largest absolute Gasteiger partial charge is 0.484 e. The van der Waals surface area contributed by atoms with Gasteiger partial charge in [-0.1, -0.05) is 72.8 Å². The molecule has 0 bridgehead atoms. The normalized spacial score (nSPS) is 15.5. The van der Waals surface area contributed by atoms with Crippen molar-refractivity contribution >= 4 is 5.69 Å². The second-order valence-electron chi connectivity index (χ2n) is 8.44. The highest BCUT2D eigenvalue weighted by molar-refractivity contribution is 5.59. The number of hydrogen-bond donors (Lipinski definition) is 1. The Morgan fingerprint density at radius 2 is 1.47 bits per heavy atom. The molecule has 1 aliphatic heterocycles. The van der Waals surface area contributed by atoms with Crippen molar-refractivity contribution in [2.24, 2.45) is 0 Å². The maximum atomic E-state index is 6.62. The molecule has 168 valence electrons. The van der Waals surface area contributed by atoms with Gasteiger partial charge in [0.1, 0.15) is 11.9 Å². The lowest BCUT2D eigenvalue weighted by Gasteiger charge is -2.37. The average Bonchev–Trinajstić information content (AvgIpc) is 2.87.